The Balaban J connectivity index is 1.35. The molecule has 2 aromatic heterocycles. The quantitative estimate of drug-likeness (QED) is 0.218. The number of para-hydroxylation sites is 1. The molecule has 0 radical (unpaired) electrons. The largest absolute Gasteiger partial charge is 0.358 e. The highest BCUT2D eigenvalue weighted by molar-refractivity contribution is 5.99. The molecule has 0 aliphatic heterocycles. The second kappa shape index (κ2) is 9.22. The monoisotopic (exact) mass is 466 g/mol. The van der Waals surface area contributed by atoms with E-state index < -0.39 is 10.8 Å². The SMILES string of the molecule is Cc1ncc([N+](=O)[O-])n1CC(=O)N/N=C/c1cn(Cc2ccc3ccccc3c2)c2ccccc12. The van der Waals surface area contributed by atoms with Gasteiger partial charge in [0.15, 0.2) is 12.4 Å². The van der Waals surface area contributed by atoms with E-state index in [1.165, 1.54) is 20.9 Å². The van der Waals surface area contributed by atoms with Gasteiger partial charge in [-0.3, -0.25) is 4.79 Å². The molecule has 5 aromatic rings. The second-order valence-corrected chi connectivity index (χ2v) is 8.21. The first-order valence-corrected chi connectivity index (χ1v) is 11.0. The number of imidazole rings is 1. The number of carbonyl (C=O) groups excluding carboxylic acids is 1. The Bertz CT molecular complexity index is 1600. The number of aryl methyl sites for hydroxylation is 1. The molecule has 1 amide bonds. The van der Waals surface area contributed by atoms with Crippen LogP contribution in [0.4, 0.5) is 5.82 Å². The minimum Gasteiger partial charge on any atom is -0.358 e. The number of benzene rings is 3. The molecule has 0 saturated carbocycles. The number of fused-ring (bicyclic) bond motifs is 2. The summed E-state index contributed by atoms with van der Waals surface area (Å²) >= 11 is 0. The molecule has 0 spiro atoms. The van der Waals surface area contributed by atoms with Crippen LogP contribution in [0.1, 0.15) is 17.0 Å². The first-order chi connectivity index (χ1) is 17.0. The average molecular weight is 467 g/mol. The fourth-order valence-electron chi connectivity index (χ4n) is 4.19. The number of hydrogen-bond acceptors (Lipinski definition) is 5. The summed E-state index contributed by atoms with van der Waals surface area (Å²) in [5.41, 5.74) is 5.54. The predicted molar refractivity (Wildman–Crippen MR) is 134 cm³/mol. The number of hydrogen-bond donors (Lipinski definition) is 1. The van der Waals surface area contributed by atoms with Gasteiger partial charge < -0.3 is 14.7 Å². The van der Waals surface area contributed by atoms with Crippen LogP contribution in [0.5, 0.6) is 0 Å². The molecular weight excluding hydrogens is 444 g/mol. The third-order valence-electron chi connectivity index (χ3n) is 5.90. The maximum absolute atomic E-state index is 12.3. The average Bonchev–Trinajstić information content (AvgIpc) is 3.39. The second-order valence-electron chi connectivity index (χ2n) is 8.21. The Morgan fingerprint density at radius 1 is 1.11 bits per heavy atom. The zero-order valence-corrected chi connectivity index (χ0v) is 19.0. The molecule has 0 atom stereocenters. The van der Waals surface area contributed by atoms with E-state index in [4.69, 9.17) is 0 Å². The van der Waals surface area contributed by atoms with Crippen LogP contribution >= 0.6 is 0 Å². The van der Waals surface area contributed by atoms with Gasteiger partial charge in [0.1, 0.15) is 6.20 Å². The summed E-state index contributed by atoms with van der Waals surface area (Å²) in [7, 11) is 0. The number of nitrogens with zero attached hydrogens (tertiary/aromatic N) is 5. The maximum Gasteiger partial charge on any atom is 0.343 e. The van der Waals surface area contributed by atoms with E-state index in [9.17, 15) is 14.9 Å². The Morgan fingerprint density at radius 3 is 2.71 bits per heavy atom. The molecule has 0 saturated heterocycles. The molecule has 1 N–H and O–H groups in total. The lowest BCUT2D eigenvalue weighted by Crippen LogP contribution is -2.24. The van der Waals surface area contributed by atoms with Gasteiger partial charge in [0, 0.05) is 36.1 Å². The lowest BCUT2D eigenvalue weighted by atomic mass is 10.1. The van der Waals surface area contributed by atoms with Crippen molar-refractivity contribution < 1.29 is 9.72 Å². The van der Waals surface area contributed by atoms with Gasteiger partial charge in [-0.25, -0.2) is 15.0 Å². The molecule has 0 fully saturated rings. The molecule has 9 nitrogen and oxygen atoms in total. The smallest absolute Gasteiger partial charge is 0.343 e. The number of aromatic nitrogens is 3. The Labute approximate surface area is 200 Å². The van der Waals surface area contributed by atoms with Crippen LogP contribution in [-0.2, 0) is 17.9 Å². The van der Waals surface area contributed by atoms with Crippen LogP contribution in [0.15, 0.2) is 84.2 Å². The number of amides is 1. The normalized spacial score (nSPS) is 11.5. The topological polar surface area (TPSA) is 107 Å². The first-order valence-electron chi connectivity index (χ1n) is 11.0. The summed E-state index contributed by atoms with van der Waals surface area (Å²) in [5.74, 6) is -0.337. The third-order valence-corrected chi connectivity index (χ3v) is 5.90. The van der Waals surface area contributed by atoms with Crippen molar-refractivity contribution in [2.45, 2.75) is 20.0 Å². The highest BCUT2D eigenvalue weighted by Crippen LogP contribution is 2.23. The molecule has 9 heteroatoms. The van der Waals surface area contributed by atoms with Gasteiger partial charge in [-0.2, -0.15) is 5.10 Å². The van der Waals surface area contributed by atoms with Crippen molar-refractivity contribution >= 4 is 39.6 Å². The molecule has 0 aliphatic carbocycles. The van der Waals surface area contributed by atoms with E-state index in [0.717, 1.165) is 22.7 Å². The number of nitrogens with one attached hydrogen (secondary N) is 1. The van der Waals surface area contributed by atoms with Crippen molar-refractivity contribution in [3.05, 3.63) is 106 Å². The fourth-order valence-corrected chi connectivity index (χ4v) is 4.19. The van der Waals surface area contributed by atoms with Crippen LogP contribution in [-0.4, -0.2) is 31.2 Å². The van der Waals surface area contributed by atoms with Gasteiger partial charge in [0.25, 0.3) is 5.91 Å². The number of hydrazone groups is 1. The maximum atomic E-state index is 12.3. The zero-order valence-electron chi connectivity index (χ0n) is 19.0. The number of rotatable bonds is 7. The van der Waals surface area contributed by atoms with Crippen molar-refractivity contribution in [1.29, 1.82) is 0 Å². The van der Waals surface area contributed by atoms with Gasteiger partial charge >= 0.3 is 5.82 Å². The summed E-state index contributed by atoms with van der Waals surface area (Å²) in [4.78, 5) is 26.8. The molecular formula is C26H22N6O3. The standard InChI is InChI=1S/C26H22N6O3/c1-18-27-14-26(32(34)35)31(18)17-25(33)29-28-13-22-16-30(24-9-5-4-8-23(22)24)15-19-10-11-20-6-2-3-7-21(20)12-19/h2-14,16H,15,17H2,1H3,(H,29,33)/b28-13+. The van der Waals surface area contributed by atoms with Gasteiger partial charge in [0.05, 0.1) is 6.21 Å². The van der Waals surface area contributed by atoms with Gasteiger partial charge in [0.2, 0.25) is 0 Å². The molecule has 174 valence electrons. The van der Waals surface area contributed by atoms with Crippen LogP contribution in [0.2, 0.25) is 0 Å². The molecule has 0 aliphatic rings. The van der Waals surface area contributed by atoms with Crippen LogP contribution < -0.4 is 5.43 Å². The van der Waals surface area contributed by atoms with Crippen molar-refractivity contribution in [3.8, 4) is 0 Å². The van der Waals surface area contributed by atoms with E-state index in [2.05, 4.69) is 50.4 Å². The highest BCUT2D eigenvalue weighted by atomic mass is 16.6. The van der Waals surface area contributed by atoms with Crippen molar-refractivity contribution in [3.63, 3.8) is 0 Å². The summed E-state index contributed by atoms with van der Waals surface area (Å²) < 4.78 is 3.39. The van der Waals surface area contributed by atoms with Gasteiger partial charge in [-0.05, 0) is 33.4 Å². The van der Waals surface area contributed by atoms with E-state index in [-0.39, 0.29) is 12.4 Å². The summed E-state index contributed by atoms with van der Waals surface area (Å²) in [6, 6.07) is 22.7. The summed E-state index contributed by atoms with van der Waals surface area (Å²) in [5, 5.41) is 18.6. The molecule has 2 heterocycles. The third kappa shape index (κ3) is 4.51. The van der Waals surface area contributed by atoms with E-state index in [1.54, 1.807) is 13.1 Å². The predicted octanol–water partition coefficient (Wildman–Crippen LogP) is 4.41. The van der Waals surface area contributed by atoms with E-state index >= 15 is 0 Å². The molecule has 0 bridgehead atoms. The van der Waals surface area contributed by atoms with Crippen LogP contribution in [0.25, 0.3) is 21.7 Å². The minimum atomic E-state index is -0.569. The van der Waals surface area contributed by atoms with Crippen LogP contribution in [0, 0.1) is 17.0 Å². The van der Waals surface area contributed by atoms with Crippen molar-refractivity contribution in [2.24, 2.45) is 5.10 Å². The van der Waals surface area contributed by atoms with Gasteiger partial charge in [-0.15, -0.1) is 0 Å². The molecule has 0 unspecified atom stereocenters. The molecule has 3 aromatic carbocycles. The summed E-state index contributed by atoms with van der Waals surface area (Å²) in [6.07, 6.45) is 4.73. The van der Waals surface area contributed by atoms with Crippen molar-refractivity contribution in [2.75, 3.05) is 0 Å². The van der Waals surface area contributed by atoms with E-state index in [1.807, 2.05) is 42.6 Å². The van der Waals surface area contributed by atoms with E-state index in [0.29, 0.717) is 12.4 Å². The highest BCUT2D eigenvalue weighted by Gasteiger charge is 2.20. The molecule has 35 heavy (non-hydrogen) atoms. The number of nitro groups is 1. The first kappa shape index (κ1) is 22.0. The van der Waals surface area contributed by atoms with Gasteiger partial charge in [-0.1, -0.05) is 54.6 Å². The van der Waals surface area contributed by atoms with Crippen molar-refractivity contribution in [1.82, 2.24) is 19.5 Å². The lowest BCUT2D eigenvalue weighted by molar-refractivity contribution is -0.392. The lowest BCUT2D eigenvalue weighted by Gasteiger charge is -2.07. The summed E-state index contributed by atoms with van der Waals surface area (Å²) in [6.45, 7) is 2.05. The Morgan fingerprint density at radius 2 is 1.89 bits per heavy atom. The van der Waals surface area contributed by atoms with Crippen LogP contribution in [0.3, 0.4) is 0 Å². The molecule has 5 rings (SSSR count). The number of carbonyl (C=O) groups is 1. The Hall–Kier alpha value is -4.79. The zero-order chi connectivity index (χ0) is 24.4. The Kier molecular flexibility index (Phi) is 5.80. The minimum absolute atomic E-state index is 0.238. The fraction of sp³-hybridized carbons (Fsp3) is 0.115.